The van der Waals surface area contributed by atoms with Crippen LogP contribution >= 0.6 is 0 Å². The van der Waals surface area contributed by atoms with Crippen molar-refractivity contribution in [1.29, 1.82) is 0 Å². The fourth-order valence-electron chi connectivity index (χ4n) is 2.89. The molecule has 2 heterocycles. The van der Waals surface area contributed by atoms with Crippen molar-refractivity contribution in [2.75, 3.05) is 10.6 Å². The van der Waals surface area contributed by atoms with E-state index >= 15 is 0 Å². The molecule has 158 valence electrons. The summed E-state index contributed by atoms with van der Waals surface area (Å²) in [6.45, 7) is 0. The molecule has 2 aromatic carbocycles. The van der Waals surface area contributed by atoms with E-state index in [1.54, 1.807) is 48.5 Å². The van der Waals surface area contributed by atoms with E-state index in [4.69, 9.17) is 0 Å². The Morgan fingerprint density at radius 1 is 0.875 bits per heavy atom. The van der Waals surface area contributed by atoms with Gasteiger partial charge in [-0.2, -0.15) is 5.10 Å². The first kappa shape index (κ1) is 20.4. The number of benzene rings is 2. The van der Waals surface area contributed by atoms with Gasteiger partial charge in [0.15, 0.2) is 0 Å². The molecule has 0 saturated heterocycles. The Morgan fingerprint density at radius 3 is 2.12 bits per heavy atom. The summed E-state index contributed by atoms with van der Waals surface area (Å²) in [6, 6.07) is 15.8. The van der Waals surface area contributed by atoms with E-state index in [0.717, 1.165) is 0 Å². The van der Waals surface area contributed by atoms with Crippen molar-refractivity contribution in [2.24, 2.45) is 0 Å². The van der Waals surface area contributed by atoms with Crippen molar-refractivity contribution in [3.05, 3.63) is 107 Å². The number of nitro benzene ring substituents is 1. The number of nitro groups is 1. The lowest BCUT2D eigenvalue weighted by atomic mass is 10.2. The van der Waals surface area contributed by atoms with Crippen molar-refractivity contribution in [2.45, 2.75) is 0 Å². The van der Waals surface area contributed by atoms with Crippen LogP contribution in [0.2, 0.25) is 0 Å². The third kappa shape index (κ3) is 4.65. The SMILES string of the molecule is O=C(Nc1cccc(NC(=O)c2cnn(-c3ccc([N+](=O)[O-])cc3)c2)c1)c1ccncc1. The first-order valence-electron chi connectivity index (χ1n) is 9.42. The van der Waals surface area contributed by atoms with Crippen molar-refractivity contribution < 1.29 is 14.5 Å². The van der Waals surface area contributed by atoms with Gasteiger partial charge in [0.05, 0.1) is 22.4 Å². The van der Waals surface area contributed by atoms with Crippen LogP contribution in [0.3, 0.4) is 0 Å². The van der Waals surface area contributed by atoms with Crippen LogP contribution < -0.4 is 10.6 Å². The number of anilines is 2. The minimum Gasteiger partial charge on any atom is -0.322 e. The molecule has 0 aliphatic rings. The van der Waals surface area contributed by atoms with Crippen LogP contribution in [-0.4, -0.2) is 31.5 Å². The topological polar surface area (TPSA) is 132 Å². The molecule has 10 nitrogen and oxygen atoms in total. The minimum absolute atomic E-state index is 0.0326. The van der Waals surface area contributed by atoms with Crippen LogP contribution in [0.5, 0.6) is 0 Å². The number of non-ortho nitro benzene ring substituents is 1. The molecule has 0 unspecified atom stereocenters. The molecule has 0 saturated carbocycles. The van der Waals surface area contributed by atoms with Crippen LogP contribution in [-0.2, 0) is 0 Å². The molecule has 0 spiro atoms. The van der Waals surface area contributed by atoms with Crippen LogP contribution in [0, 0.1) is 10.1 Å². The summed E-state index contributed by atoms with van der Waals surface area (Å²) in [5.41, 5.74) is 2.32. The van der Waals surface area contributed by atoms with Gasteiger partial charge < -0.3 is 10.6 Å². The monoisotopic (exact) mass is 428 g/mol. The second-order valence-electron chi connectivity index (χ2n) is 6.67. The van der Waals surface area contributed by atoms with Gasteiger partial charge in [0, 0.05) is 47.7 Å². The zero-order valence-electron chi connectivity index (χ0n) is 16.5. The predicted molar refractivity (Wildman–Crippen MR) is 117 cm³/mol. The highest BCUT2D eigenvalue weighted by Crippen LogP contribution is 2.18. The van der Waals surface area contributed by atoms with E-state index in [9.17, 15) is 19.7 Å². The maximum absolute atomic E-state index is 12.6. The Morgan fingerprint density at radius 2 is 1.50 bits per heavy atom. The molecular formula is C22H16N6O4. The Labute approximate surface area is 181 Å². The zero-order chi connectivity index (χ0) is 22.5. The van der Waals surface area contributed by atoms with E-state index in [2.05, 4.69) is 20.7 Å². The van der Waals surface area contributed by atoms with E-state index in [1.807, 2.05) is 0 Å². The Bertz CT molecular complexity index is 1290. The Balaban J connectivity index is 1.44. The number of carbonyl (C=O) groups is 2. The lowest BCUT2D eigenvalue weighted by molar-refractivity contribution is -0.384. The second-order valence-corrected chi connectivity index (χ2v) is 6.67. The molecule has 2 amide bonds. The Kier molecular flexibility index (Phi) is 5.66. The summed E-state index contributed by atoms with van der Waals surface area (Å²) >= 11 is 0. The van der Waals surface area contributed by atoms with Gasteiger partial charge in [-0.3, -0.25) is 24.7 Å². The number of hydrogen-bond donors (Lipinski definition) is 2. The largest absolute Gasteiger partial charge is 0.322 e. The lowest BCUT2D eigenvalue weighted by Gasteiger charge is -2.08. The first-order valence-corrected chi connectivity index (χ1v) is 9.42. The van der Waals surface area contributed by atoms with E-state index < -0.39 is 10.8 Å². The van der Waals surface area contributed by atoms with Crippen LogP contribution in [0.1, 0.15) is 20.7 Å². The maximum atomic E-state index is 12.6. The van der Waals surface area contributed by atoms with Crippen molar-refractivity contribution in [3.63, 3.8) is 0 Å². The van der Waals surface area contributed by atoms with Crippen LogP contribution in [0.4, 0.5) is 17.1 Å². The standard InChI is InChI=1S/C22H16N6O4/c29-21(15-8-10-23-11-9-15)25-17-2-1-3-18(12-17)26-22(30)16-13-24-27(14-16)19-4-6-20(7-5-19)28(31)32/h1-14H,(H,25,29)(H,26,30). The average Bonchev–Trinajstić information content (AvgIpc) is 3.30. The fraction of sp³-hybridized carbons (Fsp3) is 0. The molecule has 4 rings (SSSR count). The van der Waals surface area contributed by atoms with Gasteiger partial charge in [-0.05, 0) is 42.5 Å². The highest BCUT2D eigenvalue weighted by Gasteiger charge is 2.12. The van der Waals surface area contributed by atoms with Crippen molar-refractivity contribution in [3.8, 4) is 5.69 Å². The smallest absolute Gasteiger partial charge is 0.269 e. The van der Waals surface area contributed by atoms with Gasteiger partial charge in [0.1, 0.15) is 0 Å². The number of nitrogens with zero attached hydrogens (tertiary/aromatic N) is 4. The predicted octanol–water partition coefficient (Wildman–Crippen LogP) is 3.68. The van der Waals surface area contributed by atoms with Crippen molar-refractivity contribution in [1.82, 2.24) is 14.8 Å². The Hall–Kier alpha value is -4.86. The van der Waals surface area contributed by atoms with Gasteiger partial charge in [-0.25, -0.2) is 4.68 Å². The summed E-state index contributed by atoms with van der Waals surface area (Å²) in [6.07, 6.45) is 5.97. The van der Waals surface area contributed by atoms with E-state index in [1.165, 1.54) is 41.6 Å². The van der Waals surface area contributed by atoms with Gasteiger partial charge in [0.25, 0.3) is 17.5 Å². The summed E-state index contributed by atoms with van der Waals surface area (Å²) in [5, 5.41) is 20.4. The van der Waals surface area contributed by atoms with Crippen LogP contribution in [0.15, 0.2) is 85.5 Å². The molecule has 0 atom stereocenters. The molecule has 0 bridgehead atoms. The summed E-state index contributed by atoms with van der Waals surface area (Å²) in [4.78, 5) is 39.1. The molecule has 10 heteroatoms. The number of amides is 2. The third-order valence-electron chi connectivity index (χ3n) is 4.49. The van der Waals surface area contributed by atoms with Gasteiger partial charge in [-0.15, -0.1) is 0 Å². The molecule has 4 aromatic rings. The highest BCUT2D eigenvalue weighted by molar-refractivity contribution is 6.06. The number of aromatic nitrogens is 3. The molecule has 32 heavy (non-hydrogen) atoms. The van der Waals surface area contributed by atoms with Crippen molar-refractivity contribution >= 4 is 28.9 Å². The molecule has 2 aromatic heterocycles. The summed E-state index contributed by atoms with van der Waals surface area (Å²) < 4.78 is 1.45. The lowest BCUT2D eigenvalue weighted by Crippen LogP contribution is -2.13. The van der Waals surface area contributed by atoms with E-state index in [-0.39, 0.29) is 11.6 Å². The third-order valence-corrected chi connectivity index (χ3v) is 4.49. The normalized spacial score (nSPS) is 10.4. The second kappa shape index (κ2) is 8.88. The fourth-order valence-corrected chi connectivity index (χ4v) is 2.89. The van der Waals surface area contributed by atoms with Gasteiger partial charge in [-0.1, -0.05) is 6.07 Å². The molecule has 0 aliphatic heterocycles. The highest BCUT2D eigenvalue weighted by atomic mass is 16.6. The molecule has 0 radical (unpaired) electrons. The number of pyridine rings is 1. The first-order chi connectivity index (χ1) is 15.5. The van der Waals surface area contributed by atoms with Gasteiger partial charge in [0.2, 0.25) is 0 Å². The zero-order valence-corrected chi connectivity index (χ0v) is 16.5. The molecular weight excluding hydrogens is 412 g/mol. The van der Waals surface area contributed by atoms with Crippen LogP contribution in [0.25, 0.3) is 5.69 Å². The van der Waals surface area contributed by atoms with Gasteiger partial charge >= 0.3 is 0 Å². The number of hydrogen-bond acceptors (Lipinski definition) is 6. The average molecular weight is 428 g/mol. The number of rotatable bonds is 6. The quantitative estimate of drug-likeness (QED) is 0.356. The summed E-state index contributed by atoms with van der Waals surface area (Å²) in [5.74, 6) is -0.684. The maximum Gasteiger partial charge on any atom is 0.269 e. The summed E-state index contributed by atoms with van der Waals surface area (Å²) in [7, 11) is 0. The molecule has 0 aliphatic carbocycles. The number of nitrogens with one attached hydrogen (secondary N) is 2. The molecule has 0 fully saturated rings. The molecule has 2 N–H and O–H groups in total. The van der Waals surface area contributed by atoms with E-state index in [0.29, 0.717) is 28.2 Å². The number of carbonyl (C=O) groups excluding carboxylic acids is 2. The minimum atomic E-state index is -0.487.